The molecular formula is C34H38B2N2. The van der Waals surface area contributed by atoms with Gasteiger partial charge >= 0.3 is 12.6 Å². The second-order valence-corrected chi connectivity index (χ2v) is 12.3. The molecule has 0 saturated heterocycles. The van der Waals surface area contributed by atoms with Gasteiger partial charge < -0.3 is 8.96 Å². The van der Waals surface area contributed by atoms with Gasteiger partial charge in [0.25, 0.3) is 0 Å². The molecule has 2 aliphatic heterocycles. The van der Waals surface area contributed by atoms with Crippen LogP contribution in [0, 0.1) is 13.8 Å². The zero-order chi connectivity index (χ0) is 26.4. The fourth-order valence-corrected chi connectivity index (χ4v) is 8.85. The lowest BCUT2D eigenvalue weighted by molar-refractivity contribution is -0.534. The van der Waals surface area contributed by atoms with Gasteiger partial charge in [0.2, 0.25) is 0 Å². The molecule has 7 rings (SSSR count). The molecule has 4 heteroatoms. The molecule has 5 aromatic rings. The van der Waals surface area contributed by atoms with E-state index in [4.69, 9.17) is 0 Å². The second kappa shape index (κ2) is 8.06. The quantitative estimate of drug-likeness (QED) is 0.195. The smallest absolute Gasteiger partial charge is 0.306 e. The highest BCUT2D eigenvalue weighted by Gasteiger charge is 2.46. The molecule has 3 aromatic carbocycles. The van der Waals surface area contributed by atoms with Gasteiger partial charge in [0, 0.05) is 12.1 Å². The first-order chi connectivity index (χ1) is 18.5. The van der Waals surface area contributed by atoms with E-state index >= 15 is 0 Å². The van der Waals surface area contributed by atoms with Crippen molar-refractivity contribution < 1.29 is 8.96 Å². The highest BCUT2D eigenvalue weighted by atomic mass is 14.9. The number of rotatable bonds is 4. The summed E-state index contributed by atoms with van der Waals surface area (Å²) < 4.78 is 5.35. The standard InChI is InChI=1S/C34H38B2N2/c1-7-35(8-2)27-15-11-13-25-31(27)33(29-21-23(5)17-19-37(29)35)26-14-12-16-28-32(26)34(25)30-22-24(6)18-20-38(30)36(28,9-3)10-4/h11-22H,7-10H2,1-6H3. The highest BCUT2D eigenvalue weighted by molar-refractivity contribution is 6.88. The minimum absolute atomic E-state index is 0.916. The van der Waals surface area contributed by atoms with Crippen LogP contribution in [0.5, 0.6) is 0 Å². The highest BCUT2D eigenvalue weighted by Crippen LogP contribution is 2.46. The molecule has 0 aliphatic carbocycles. The maximum Gasteiger partial charge on any atom is 0.306 e. The normalized spacial score (nSPS) is 15.9. The summed E-state index contributed by atoms with van der Waals surface area (Å²) in [7, 11) is 0. The molecule has 0 N–H and O–H groups in total. The third-order valence-electron chi connectivity index (χ3n) is 10.9. The van der Waals surface area contributed by atoms with Gasteiger partial charge in [-0.05, 0) is 58.7 Å². The van der Waals surface area contributed by atoms with E-state index in [9.17, 15) is 0 Å². The zero-order valence-electron chi connectivity index (χ0n) is 23.8. The van der Waals surface area contributed by atoms with E-state index in [-0.39, 0.29) is 0 Å². The fourth-order valence-electron chi connectivity index (χ4n) is 8.85. The van der Waals surface area contributed by atoms with Crippen molar-refractivity contribution in [2.75, 3.05) is 0 Å². The monoisotopic (exact) mass is 496 g/mol. The van der Waals surface area contributed by atoms with E-state index in [1.165, 1.54) is 55.2 Å². The van der Waals surface area contributed by atoms with E-state index in [2.05, 4.69) is 124 Å². The Morgan fingerprint density at radius 2 is 0.947 bits per heavy atom. The Morgan fingerprint density at radius 1 is 0.553 bits per heavy atom. The van der Waals surface area contributed by atoms with Crippen LogP contribution in [0.1, 0.15) is 38.8 Å². The maximum atomic E-state index is 2.67. The number of fused-ring (bicyclic) bond motifs is 6. The Hall–Kier alpha value is -3.39. The Balaban J connectivity index is 1.81. The zero-order valence-corrected chi connectivity index (χ0v) is 23.8. The Morgan fingerprint density at radius 3 is 1.32 bits per heavy atom. The molecule has 0 radical (unpaired) electrons. The summed E-state index contributed by atoms with van der Waals surface area (Å²) in [6.07, 6.45) is 7.46. The minimum atomic E-state index is -0.916. The summed E-state index contributed by atoms with van der Waals surface area (Å²) in [6, 6.07) is 23.9. The average molecular weight is 496 g/mol. The molecule has 0 bridgehead atoms. The van der Waals surface area contributed by atoms with Gasteiger partial charge in [-0.15, -0.1) is 36.2 Å². The van der Waals surface area contributed by atoms with Crippen molar-refractivity contribution >= 4 is 45.0 Å². The van der Waals surface area contributed by atoms with Crippen molar-refractivity contribution in [2.24, 2.45) is 0 Å². The van der Waals surface area contributed by atoms with Crippen LogP contribution < -0.4 is 19.9 Å². The Labute approximate surface area is 227 Å². The molecule has 190 valence electrons. The molecule has 0 spiro atoms. The first kappa shape index (κ1) is 23.7. The van der Waals surface area contributed by atoms with Crippen molar-refractivity contribution in [2.45, 2.75) is 66.8 Å². The first-order valence-corrected chi connectivity index (χ1v) is 14.9. The second-order valence-electron chi connectivity index (χ2n) is 12.3. The predicted octanol–water partition coefficient (Wildman–Crippen LogP) is 6.63. The van der Waals surface area contributed by atoms with Crippen LogP contribution >= 0.6 is 0 Å². The molecule has 0 atom stereocenters. The molecule has 0 saturated carbocycles. The van der Waals surface area contributed by atoms with Crippen molar-refractivity contribution in [3.05, 3.63) is 84.2 Å². The number of aryl methyl sites for hydroxylation is 2. The predicted molar refractivity (Wildman–Crippen MR) is 166 cm³/mol. The summed E-state index contributed by atoms with van der Waals surface area (Å²) in [4.78, 5) is 0. The SMILES string of the molecule is CC[B-]1(CC)c2cccc3c4c5c(cccc5c(c23)-c2cc(C)cc[n+]21)[B-](CC)(CC)[n+]1ccc(C)cc1-4. The third-order valence-corrected chi connectivity index (χ3v) is 10.9. The van der Waals surface area contributed by atoms with E-state index in [0.717, 1.165) is 25.3 Å². The molecule has 2 nitrogen and oxygen atoms in total. The Kier molecular flexibility index (Phi) is 5.03. The lowest BCUT2D eigenvalue weighted by Crippen LogP contribution is -2.74. The van der Waals surface area contributed by atoms with Gasteiger partial charge in [-0.2, -0.15) is 0 Å². The van der Waals surface area contributed by atoms with Crippen LogP contribution in [-0.4, -0.2) is 12.6 Å². The number of hydrogen-bond acceptors (Lipinski definition) is 0. The first-order valence-electron chi connectivity index (χ1n) is 14.9. The van der Waals surface area contributed by atoms with Crippen molar-refractivity contribution in [3.8, 4) is 22.5 Å². The summed E-state index contributed by atoms with van der Waals surface area (Å²) in [5, 5.41) is 5.83. The van der Waals surface area contributed by atoms with Crippen molar-refractivity contribution in [1.82, 2.24) is 0 Å². The van der Waals surface area contributed by atoms with Crippen LogP contribution in [0.3, 0.4) is 0 Å². The van der Waals surface area contributed by atoms with Gasteiger partial charge in [-0.1, -0.05) is 64.1 Å². The summed E-state index contributed by atoms with van der Waals surface area (Å²) in [5.41, 5.74) is 11.4. The average Bonchev–Trinajstić information content (AvgIpc) is 2.95. The van der Waals surface area contributed by atoms with Crippen LogP contribution in [0.25, 0.3) is 44.1 Å². The van der Waals surface area contributed by atoms with Crippen molar-refractivity contribution in [3.63, 3.8) is 0 Å². The Bertz CT molecular complexity index is 1660. The van der Waals surface area contributed by atoms with Gasteiger partial charge in [0.1, 0.15) is 12.4 Å². The number of pyridine rings is 2. The minimum Gasteiger partial charge on any atom is -0.416 e. The number of aromatic nitrogens is 2. The van der Waals surface area contributed by atoms with Gasteiger partial charge in [-0.3, -0.25) is 0 Å². The van der Waals surface area contributed by atoms with Crippen LogP contribution in [0.2, 0.25) is 25.3 Å². The fraction of sp³-hybridized carbons (Fsp3) is 0.294. The van der Waals surface area contributed by atoms with Gasteiger partial charge in [-0.25, -0.2) is 0 Å². The van der Waals surface area contributed by atoms with Crippen LogP contribution in [-0.2, 0) is 0 Å². The number of hydrogen-bond donors (Lipinski definition) is 0. The molecular weight excluding hydrogens is 458 g/mol. The van der Waals surface area contributed by atoms with E-state index in [1.54, 1.807) is 10.9 Å². The molecule has 0 amide bonds. The molecule has 0 fully saturated rings. The summed E-state index contributed by atoms with van der Waals surface area (Å²) in [6.45, 7) is 14.0. The molecule has 2 aliphatic rings. The van der Waals surface area contributed by atoms with Gasteiger partial charge in [0.05, 0.1) is 11.1 Å². The molecule has 38 heavy (non-hydrogen) atoms. The van der Waals surface area contributed by atoms with E-state index in [0.29, 0.717) is 0 Å². The number of benzene rings is 3. The third kappa shape index (κ3) is 2.66. The lowest BCUT2D eigenvalue weighted by atomic mass is 9.25. The molecule has 2 aromatic heterocycles. The summed E-state index contributed by atoms with van der Waals surface area (Å²) in [5.74, 6) is 0. The lowest BCUT2D eigenvalue weighted by Gasteiger charge is -2.43. The van der Waals surface area contributed by atoms with Gasteiger partial charge in [0.15, 0.2) is 11.4 Å². The van der Waals surface area contributed by atoms with Crippen LogP contribution in [0.4, 0.5) is 0 Å². The molecule has 0 unspecified atom stereocenters. The largest absolute Gasteiger partial charge is 0.416 e. The van der Waals surface area contributed by atoms with Crippen LogP contribution in [0.15, 0.2) is 73.1 Å². The van der Waals surface area contributed by atoms with Crippen molar-refractivity contribution in [1.29, 1.82) is 0 Å². The summed E-state index contributed by atoms with van der Waals surface area (Å²) >= 11 is 0. The maximum absolute atomic E-state index is 2.67. The van der Waals surface area contributed by atoms with E-state index < -0.39 is 12.6 Å². The van der Waals surface area contributed by atoms with E-state index in [1.807, 2.05) is 0 Å². The molecule has 4 heterocycles. The topological polar surface area (TPSA) is 7.76 Å². The number of nitrogens with zero attached hydrogens (tertiary/aromatic N) is 2.